The van der Waals surface area contributed by atoms with Crippen molar-refractivity contribution in [1.82, 2.24) is 4.98 Å². The number of aromatic nitrogens is 1. The molecule has 0 bridgehead atoms. The first kappa shape index (κ1) is 10.8. The van der Waals surface area contributed by atoms with Crippen molar-refractivity contribution in [1.29, 1.82) is 0 Å². The van der Waals surface area contributed by atoms with Crippen LogP contribution in [0.1, 0.15) is 18.4 Å². The topological polar surface area (TPSA) is 22.1 Å². The highest BCUT2D eigenvalue weighted by Gasteiger charge is 2.22. The highest BCUT2D eigenvalue weighted by molar-refractivity contribution is 6.18. The second-order valence-corrected chi connectivity index (χ2v) is 4.79. The van der Waals surface area contributed by atoms with Gasteiger partial charge in [0.2, 0.25) is 5.88 Å². The number of pyridine rings is 1. The molecule has 2 nitrogen and oxygen atoms in total. The van der Waals surface area contributed by atoms with Crippen LogP contribution in [0.25, 0.3) is 10.9 Å². The quantitative estimate of drug-likeness (QED) is 0.768. The van der Waals surface area contributed by atoms with Crippen LogP contribution in [0, 0.1) is 5.92 Å². The fourth-order valence-corrected chi connectivity index (χ4v) is 2.11. The number of para-hydroxylation sites is 1. The smallest absolute Gasteiger partial charge is 0.214 e. The summed E-state index contributed by atoms with van der Waals surface area (Å²) in [5.41, 5.74) is 2.04. The van der Waals surface area contributed by atoms with E-state index < -0.39 is 0 Å². The minimum Gasteiger partial charge on any atom is -0.477 e. The lowest BCUT2D eigenvalue weighted by Gasteiger charge is -2.08. The summed E-state index contributed by atoms with van der Waals surface area (Å²) >= 11 is 5.97. The predicted octanol–water partition coefficient (Wildman–Crippen LogP) is 3.76. The van der Waals surface area contributed by atoms with Gasteiger partial charge >= 0.3 is 0 Å². The van der Waals surface area contributed by atoms with Crippen molar-refractivity contribution in [3.05, 3.63) is 35.9 Å². The van der Waals surface area contributed by atoms with Crippen molar-refractivity contribution < 1.29 is 4.74 Å². The Labute approximate surface area is 106 Å². The summed E-state index contributed by atoms with van der Waals surface area (Å²) < 4.78 is 5.71. The van der Waals surface area contributed by atoms with Crippen molar-refractivity contribution in [3.8, 4) is 5.88 Å². The Hall–Kier alpha value is -1.28. The zero-order chi connectivity index (χ0) is 11.7. The monoisotopic (exact) mass is 247 g/mol. The van der Waals surface area contributed by atoms with Crippen molar-refractivity contribution in [2.45, 2.75) is 18.7 Å². The van der Waals surface area contributed by atoms with Crippen LogP contribution in [0.5, 0.6) is 5.88 Å². The Kier molecular flexibility index (Phi) is 2.89. The molecule has 1 aromatic carbocycles. The van der Waals surface area contributed by atoms with E-state index in [2.05, 4.69) is 4.98 Å². The van der Waals surface area contributed by atoms with Gasteiger partial charge in [-0.3, -0.25) is 0 Å². The third kappa shape index (κ3) is 2.37. The largest absolute Gasteiger partial charge is 0.477 e. The summed E-state index contributed by atoms with van der Waals surface area (Å²) in [6, 6.07) is 9.99. The lowest BCUT2D eigenvalue weighted by Crippen LogP contribution is -2.01. The van der Waals surface area contributed by atoms with E-state index in [4.69, 9.17) is 16.3 Å². The van der Waals surface area contributed by atoms with E-state index in [1.165, 1.54) is 12.8 Å². The molecule has 1 heterocycles. The third-order valence-corrected chi connectivity index (χ3v) is 3.37. The van der Waals surface area contributed by atoms with Gasteiger partial charge in [0.05, 0.1) is 12.1 Å². The van der Waals surface area contributed by atoms with E-state index in [1.54, 1.807) is 0 Å². The number of hydrogen-bond donors (Lipinski definition) is 0. The Morgan fingerprint density at radius 2 is 2.12 bits per heavy atom. The predicted molar refractivity (Wildman–Crippen MR) is 69.5 cm³/mol. The van der Waals surface area contributed by atoms with Crippen molar-refractivity contribution in [2.24, 2.45) is 5.92 Å². The van der Waals surface area contributed by atoms with Gasteiger partial charge in [0.25, 0.3) is 0 Å². The number of ether oxygens (including phenoxy) is 1. The number of alkyl halides is 1. The van der Waals surface area contributed by atoms with E-state index in [0.29, 0.717) is 11.8 Å². The molecule has 1 aliphatic rings. The Bertz CT molecular complexity index is 537. The third-order valence-electron chi connectivity index (χ3n) is 3.09. The second kappa shape index (κ2) is 4.53. The highest BCUT2D eigenvalue weighted by Crippen LogP contribution is 2.30. The first-order valence-electron chi connectivity index (χ1n) is 5.94. The van der Waals surface area contributed by atoms with Gasteiger partial charge in [-0.25, -0.2) is 4.98 Å². The van der Waals surface area contributed by atoms with Crippen LogP contribution in [-0.4, -0.2) is 11.6 Å². The molecule has 0 N–H and O–H groups in total. The molecule has 2 aromatic rings. The second-order valence-electron chi connectivity index (χ2n) is 4.52. The average molecular weight is 248 g/mol. The first-order chi connectivity index (χ1) is 8.36. The average Bonchev–Trinajstić information content (AvgIpc) is 3.19. The molecular weight excluding hydrogens is 234 g/mol. The molecule has 0 radical (unpaired) electrons. The van der Waals surface area contributed by atoms with Crippen molar-refractivity contribution in [3.63, 3.8) is 0 Å². The minimum atomic E-state index is 0.489. The van der Waals surface area contributed by atoms with Gasteiger partial charge in [0, 0.05) is 17.3 Å². The van der Waals surface area contributed by atoms with Crippen LogP contribution in [0.4, 0.5) is 0 Å². The van der Waals surface area contributed by atoms with Crippen molar-refractivity contribution in [2.75, 3.05) is 6.61 Å². The van der Waals surface area contributed by atoms with E-state index in [9.17, 15) is 0 Å². The summed E-state index contributed by atoms with van der Waals surface area (Å²) in [5.74, 6) is 1.93. The first-order valence-corrected chi connectivity index (χ1v) is 6.47. The molecule has 0 amide bonds. The fourth-order valence-electron chi connectivity index (χ4n) is 1.89. The Morgan fingerprint density at radius 3 is 2.88 bits per heavy atom. The van der Waals surface area contributed by atoms with Crippen LogP contribution in [0.15, 0.2) is 30.3 Å². The molecule has 1 aromatic heterocycles. The number of benzene rings is 1. The van der Waals surface area contributed by atoms with Gasteiger partial charge in [0.15, 0.2) is 0 Å². The molecule has 0 aliphatic heterocycles. The fraction of sp³-hybridized carbons (Fsp3) is 0.357. The zero-order valence-electron chi connectivity index (χ0n) is 9.53. The molecule has 0 unspecified atom stereocenters. The van der Waals surface area contributed by atoms with Crippen LogP contribution in [-0.2, 0) is 5.88 Å². The van der Waals surface area contributed by atoms with Gasteiger partial charge < -0.3 is 4.74 Å². The molecule has 17 heavy (non-hydrogen) atoms. The summed E-state index contributed by atoms with van der Waals surface area (Å²) in [5, 5.41) is 1.11. The van der Waals surface area contributed by atoms with E-state index in [0.717, 1.165) is 29.0 Å². The SMILES string of the molecule is ClCc1cc(OCC2CC2)nc2ccccc12. The summed E-state index contributed by atoms with van der Waals surface area (Å²) in [4.78, 5) is 4.50. The Balaban J connectivity index is 1.95. The number of fused-ring (bicyclic) bond motifs is 1. The number of hydrogen-bond acceptors (Lipinski definition) is 2. The van der Waals surface area contributed by atoms with Crippen LogP contribution < -0.4 is 4.74 Å². The lowest BCUT2D eigenvalue weighted by molar-refractivity contribution is 0.289. The number of halogens is 1. The Morgan fingerprint density at radius 1 is 1.29 bits per heavy atom. The van der Waals surface area contributed by atoms with Crippen LogP contribution in [0.3, 0.4) is 0 Å². The minimum absolute atomic E-state index is 0.489. The molecule has 88 valence electrons. The molecule has 0 saturated heterocycles. The highest BCUT2D eigenvalue weighted by atomic mass is 35.5. The summed E-state index contributed by atoms with van der Waals surface area (Å²) in [7, 11) is 0. The maximum Gasteiger partial charge on any atom is 0.214 e. The van der Waals surface area contributed by atoms with Gasteiger partial charge in [-0.1, -0.05) is 18.2 Å². The van der Waals surface area contributed by atoms with E-state index >= 15 is 0 Å². The van der Waals surface area contributed by atoms with Crippen molar-refractivity contribution >= 4 is 22.5 Å². The maximum absolute atomic E-state index is 5.97. The molecule has 3 rings (SSSR count). The maximum atomic E-state index is 5.97. The van der Waals surface area contributed by atoms with Crippen LogP contribution in [0.2, 0.25) is 0 Å². The van der Waals surface area contributed by atoms with E-state index in [-0.39, 0.29) is 0 Å². The molecule has 3 heteroatoms. The molecule has 1 saturated carbocycles. The number of rotatable bonds is 4. The molecule has 0 atom stereocenters. The molecule has 1 aliphatic carbocycles. The van der Waals surface area contributed by atoms with Gasteiger partial charge in [0.1, 0.15) is 0 Å². The van der Waals surface area contributed by atoms with Gasteiger partial charge in [-0.2, -0.15) is 0 Å². The van der Waals surface area contributed by atoms with E-state index in [1.807, 2.05) is 30.3 Å². The van der Waals surface area contributed by atoms with Crippen LogP contribution >= 0.6 is 11.6 Å². The van der Waals surface area contributed by atoms with Gasteiger partial charge in [-0.05, 0) is 30.4 Å². The molecule has 1 fully saturated rings. The molecule has 0 spiro atoms. The normalized spacial score (nSPS) is 15.1. The standard InChI is InChI=1S/C14H14ClNO/c15-8-11-7-14(17-9-10-5-6-10)16-13-4-2-1-3-12(11)13/h1-4,7,10H,5-6,8-9H2. The summed E-state index contributed by atoms with van der Waals surface area (Å²) in [6.07, 6.45) is 2.58. The zero-order valence-corrected chi connectivity index (χ0v) is 10.3. The lowest BCUT2D eigenvalue weighted by atomic mass is 10.1. The summed E-state index contributed by atoms with van der Waals surface area (Å²) in [6.45, 7) is 0.785. The van der Waals surface area contributed by atoms with Gasteiger partial charge in [-0.15, -0.1) is 11.6 Å². The number of nitrogens with zero attached hydrogens (tertiary/aromatic N) is 1. The molecular formula is C14H14ClNO.